The topological polar surface area (TPSA) is 43.6 Å². The second-order valence-electron chi connectivity index (χ2n) is 12.3. The Morgan fingerprint density at radius 2 is 0.961 bits per heavy atom. The Labute approximate surface area is 306 Å². The molecule has 0 bridgehead atoms. The van der Waals surface area contributed by atoms with Gasteiger partial charge in [0.05, 0.1) is 27.7 Å². The monoisotopic (exact) mass is 658 g/mol. The van der Waals surface area contributed by atoms with Crippen LogP contribution in [-0.2, 0) is 0 Å². The van der Waals surface area contributed by atoms with Gasteiger partial charge in [0.25, 0.3) is 0 Å². The summed E-state index contributed by atoms with van der Waals surface area (Å²) in [5.74, 6) is 1.04. The molecule has 0 radical (unpaired) electrons. The van der Waals surface area contributed by atoms with Gasteiger partial charge < -0.3 is 4.57 Å². The second-order valence-corrected chi connectivity index (χ2v) is 12.3. The zero-order chi connectivity index (χ0) is 40.7. The van der Waals surface area contributed by atoms with Gasteiger partial charge >= 0.3 is 0 Å². The fourth-order valence-corrected chi connectivity index (χ4v) is 6.87. The van der Waals surface area contributed by atoms with E-state index < -0.39 is 48.3 Å². The lowest BCUT2D eigenvalue weighted by Crippen LogP contribution is -2.04. The Balaban J connectivity index is 1.32. The van der Waals surface area contributed by atoms with E-state index in [1.54, 1.807) is 0 Å². The number of para-hydroxylation sites is 2. The fraction of sp³-hybridized carbons (Fsp3) is 0. The van der Waals surface area contributed by atoms with Crippen molar-refractivity contribution in [3.05, 3.63) is 182 Å². The maximum atomic E-state index is 9.23. The smallest absolute Gasteiger partial charge is 0.166 e. The number of benzene rings is 8. The van der Waals surface area contributed by atoms with Crippen molar-refractivity contribution in [2.45, 2.75) is 0 Å². The summed E-state index contributed by atoms with van der Waals surface area (Å²) in [7, 11) is 0. The van der Waals surface area contributed by atoms with E-state index >= 15 is 0 Å². The van der Waals surface area contributed by atoms with Crippen molar-refractivity contribution < 1.29 is 11.0 Å². The van der Waals surface area contributed by atoms with E-state index in [4.69, 9.17) is 23.2 Å². The Bertz CT molecular complexity index is 3290. The van der Waals surface area contributed by atoms with Crippen LogP contribution in [0.1, 0.15) is 11.0 Å². The van der Waals surface area contributed by atoms with Crippen molar-refractivity contribution in [2.24, 2.45) is 0 Å². The predicted octanol–water partition coefficient (Wildman–Crippen LogP) is 11.9. The summed E-state index contributed by atoms with van der Waals surface area (Å²) in [5.41, 5.74) is 3.89. The van der Waals surface area contributed by atoms with Crippen molar-refractivity contribution in [2.75, 3.05) is 0 Å². The Morgan fingerprint density at radius 1 is 0.392 bits per heavy atom. The average Bonchev–Trinajstić information content (AvgIpc) is 3.65. The molecule has 10 aromatic rings. The van der Waals surface area contributed by atoms with Crippen molar-refractivity contribution >= 4 is 43.4 Å². The van der Waals surface area contributed by atoms with Gasteiger partial charge in [0, 0.05) is 27.5 Å². The zero-order valence-corrected chi connectivity index (χ0v) is 27.0. The highest BCUT2D eigenvalue weighted by atomic mass is 15.1. The molecule has 4 nitrogen and oxygen atoms in total. The predicted molar refractivity (Wildman–Crippen MR) is 211 cm³/mol. The van der Waals surface area contributed by atoms with Crippen molar-refractivity contribution in [3.63, 3.8) is 0 Å². The summed E-state index contributed by atoms with van der Waals surface area (Å²) < 4.78 is 72.6. The van der Waals surface area contributed by atoms with Crippen molar-refractivity contribution in [3.8, 4) is 51.0 Å². The van der Waals surface area contributed by atoms with Crippen LogP contribution in [0.5, 0.6) is 0 Å². The van der Waals surface area contributed by atoms with Crippen LogP contribution < -0.4 is 0 Å². The van der Waals surface area contributed by atoms with Gasteiger partial charge in [-0.25, -0.2) is 15.0 Å². The van der Waals surface area contributed by atoms with E-state index in [0.717, 1.165) is 43.8 Å². The first-order valence-corrected chi connectivity index (χ1v) is 16.5. The maximum Gasteiger partial charge on any atom is 0.166 e. The highest BCUT2D eigenvalue weighted by Gasteiger charge is 2.20. The first-order chi connectivity index (χ1) is 28.6. The number of aromatic nitrogens is 4. The average molecular weight is 659 g/mol. The molecule has 0 spiro atoms. The minimum absolute atomic E-state index is 0.00350. The van der Waals surface area contributed by atoms with E-state index in [1.165, 1.54) is 4.57 Å². The number of rotatable bonds is 5. The first kappa shape index (κ1) is 21.9. The number of nitrogens with zero attached hydrogens (tertiary/aromatic N) is 4. The van der Waals surface area contributed by atoms with Gasteiger partial charge in [-0.2, -0.15) is 0 Å². The largest absolute Gasteiger partial charge is 0.308 e. The highest BCUT2D eigenvalue weighted by molar-refractivity contribution is 6.10. The third-order valence-electron chi connectivity index (χ3n) is 9.29. The molecular weight excluding hydrogens is 621 g/mol. The minimum Gasteiger partial charge on any atom is -0.308 e. The molecule has 0 fully saturated rings. The third-order valence-corrected chi connectivity index (χ3v) is 9.29. The lowest BCUT2D eigenvalue weighted by atomic mass is 10.00. The molecule has 0 amide bonds. The molecule has 2 heterocycles. The summed E-state index contributed by atoms with van der Waals surface area (Å²) in [6.45, 7) is 0. The van der Waals surface area contributed by atoms with Crippen LogP contribution >= 0.6 is 0 Å². The molecular formula is C47H30N4. The van der Waals surface area contributed by atoms with Gasteiger partial charge in [0.1, 0.15) is 0 Å². The van der Waals surface area contributed by atoms with Gasteiger partial charge in [-0.3, -0.25) is 0 Å². The van der Waals surface area contributed by atoms with E-state index in [9.17, 15) is 2.74 Å². The number of hydrogen-bond acceptors (Lipinski definition) is 3. The molecule has 51 heavy (non-hydrogen) atoms. The van der Waals surface area contributed by atoms with Crippen LogP contribution in [0.15, 0.2) is 182 Å². The molecule has 0 unspecified atom stereocenters. The lowest BCUT2D eigenvalue weighted by molar-refractivity contribution is 1.06. The fourth-order valence-electron chi connectivity index (χ4n) is 6.87. The third kappa shape index (κ3) is 4.96. The molecule has 0 atom stereocenters. The molecule has 238 valence electrons. The van der Waals surface area contributed by atoms with Crippen molar-refractivity contribution in [1.82, 2.24) is 19.5 Å². The van der Waals surface area contributed by atoms with Crippen LogP contribution in [0.2, 0.25) is 0 Å². The summed E-state index contributed by atoms with van der Waals surface area (Å²) >= 11 is 0. The first-order valence-electron chi connectivity index (χ1n) is 20.5. The van der Waals surface area contributed by atoms with E-state index in [0.29, 0.717) is 22.9 Å². The van der Waals surface area contributed by atoms with Crippen molar-refractivity contribution in [1.29, 1.82) is 0 Å². The van der Waals surface area contributed by atoms with Crippen LogP contribution in [0.25, 0.3) is 94.3 Å². The van der Waals surface area contributed by atoms with Gasteiger partial charge in [0.15, 0.2) is 17.5 Å². The van der Waals surface area contributed by atoms with Crippen LogP contribution in [0.3, 0.4) is 0 Å². The molecule has 0 aliphatic heterocycles. The Hall–Kier alpha value is -6.91. The number of fused-ring (bicyclic) bond motifs is 6. The molecule has 10 rings (SSSR count). The molecule has 8 aromatic carbocycles. The lowest BCUT2D eigenvalue weighted by Gasteiger charge is -2.16. The molecule has 0 saturated heterocycles. The number of hydrogen-bond donors (Lipinski definition) is 0. The van der Waals surface area contributed by atoms with Crippen LogP contribution in [0.4, 0.5) is 0 Å². The van der Waals surface area contributed by atoms with Crippen LogP contribution in [0, 0.1) is 0 Å². The standard InChI is InChI=1S/C47H30N4/c1-3-13-31(14-4-1)34-25-28-41(44(30-34)51-42-21-11-9-19-39(42)40-20-10-12-22-43(40)51)47-49-45(33-16-5-2-6-17-33)48-46(50-47)36-26-27-38-35(29-36)24-23-32-15-7-8-18-37(32)38/h1-30H/i9D,10D,11D,12D,19D,20D,21D,22D. The van der Waals surface area contributed by atoms with Crippen LogP contribution in [-0.4, -0.2) is 19.5 Å². The highest BCUT2D eigenvalue weighted by Crippen LogP contribution is 2.38. The molecule has 0 N–H and O–H groups in total. The Morgan fingerprint density at radius 3 is 1.71 bits per heavy atom. The summed E-state index contributed by atoms with van der Waals surface area (Å²) in [5, 5.41) is 4.32. The van der Waals surface area contributed by atoms with Gasteiger partial charge in [-0.05, 0) is 63.0 Å². The van der Waals surface area contributed by atoms with E-state index in [1.807, 2.05) is 97.1 Å². The molecule has 0 aliphatic rings. The minimum atomic E-state index is -0.509. The SMILES string of the molecule is [2H]c1c([2H])c([2H])c2c(c1[2H])c1c([2H])c([2H])c([2H])c([2H])c1n2-c1cc(-c2ccccc2)ccc1-c1nc(-c2ccccc2)nc(-c2ccc3c(ccc4ccccc43)c2)n1. The molecule has 2 aromatic heterocycles. The molecule has 4 heteroatoms. The normalized spacial score (nSPS) is 13.7. The van der Waals surface area contributed by atoms with Gasteiger partial charge in [0.2, 0.25) is 0 Å². The molecule has 0 aliphatic carbocycles. The van der Waals surface area contributed by atoms with E-state index in [2.05, 4.69) is 36.4 Å². The summed E-state index contributed by atoms with van der Waals surface area (Å²) in [6.07, 6.45) is 0. The summed E-state index contributed by atoms with van der Waals surface area (Å²) in [4.78, 5) is 15.1. The second kappa shape index (κ2) is 11.9. The Kier molecular flexibility index (Phi) is 5.12. The molecule has 0 saturated carbocycles. The van der Waals surface area contributed by atoms with E-state index in [-0.39, 0.29) is 27.6 Å². The quantitative estimate of drug-likeness (QED) is 0.173. The van der Waals surface area contributed by atoms with Gasteiger partial charge in [-0.15, -0.1) is 0 Å². The maximum absolute atomic E-state index is 9.23. The zero-order valence-electron chi connectivity index (χ0n) is 35.0. The summed E-state index contributed by atoms with van der Waals surface area (Å²) in [6, 6.07) is 39.6. The van der Waals surface area contributed by atoms with Gasteiger partial charge in [-0.1, -0.05) is 152 Å².